The Hall–Kier alpha value is 0.1000. The lowest BCUT2D eigenvalue weighted by Crippen LogP contribution is -2.67. The van der Waals surface area contributed by atoms with Gasteiger partial charge in [-0.1, -0.05) is 19.8 Å². The molecule has 1 atom stereocenters. The first kappa shape index (κ1) is 15.0. The van der Waals surface area contributed by atoms with Crippen molar-refractivity contribution in [3.8, 4) is 0 Å². The molecule has 2 heterocycles. The Morgan fingerprint density at radius 2 is 2.15 bits per heavy atom. The van der Waals surface area contributed by atoms with Gasteiger partial charge in [-0.3, -0.25) is 4.90 Å². The molecule has 1 unspecified atom stereocenters. The van der Waals surface area contributed by atoms with Crippen LogP contribution in [-0.2, 0) is 6.54 Å². The summed E-state index contributed by atoms with van der Waals surface area (Å²) < 4.78 is 1.23. The van der Waals surface area contributed by atoms with Crippen molar-refractivity contribution in [1.82, 2.24) is 10.2 Å². The maximum absolute atomic E-state index is 3.85. The summed E-state index contributed by atoms with van der Waals surface area (Å²) in [5.41, 5.74) is 0.702. The maximum Gasteiger partial charge on any atom is 0.0338 e. The minimum atomic E-state index is 0.280. The number of halogens is 1. The first-order chi connectivity index (χ1) is 9.55. The van der Waals surface area contributed by atoms with Gasteiger partial charge in [0.15, 0.2) is 0 Å². The molecular weight excluding hydrogens is 332 g/mol. The largest absolute Gasteiger partial charge is 0.308 e. The predicted molar refractivity (Wildman–Crippen MR) is 90.3 cm³/mol. The molecule has 0 amide bonds. The van der Waals surface area contributed by atoms with Crippen LogP contribution >= 0.6 is 27.3 Å². The van der Waals surface area contributed by atoms with Crippen molar-refractivity contribution in [2.24, 2.45) is 0 Å². The fourth-order valence-electron chi connectivity index (χ4n) is 3.75. The Morgan fingerprint density at radius 1 is 1.40 bits per heavy atom. The van der Waals surface area contributed by atoms with Crippen LogP contribution in [0.2, 0.25) is 0 Å². The third-order valence-corrected chi connectivity index (χ3v) is 7.02. The van der Waals surface area contributed by atoms with E-state index in [0.717, 1.165) is 6.54 Å². The molecule has 2 fully saturated rings. The second-order valence-electron chi connectivity index (χ2n) is 6.79. The van der Waals surface area contributed by atoms with Crippen LogP contribution in [0.5, 0.6) is 0 Å². The number of nitrogens with one attached hydrogen (secondary N) is 1. The van der Waals surface area contributed by atoms with E-state index in [1.165, 1.54) is 54.5 Å². The van der Waals surface area contributed by atoms with Crippen molar-refractivity contribution in [2.45, 2.75) is 63.6 Å². The van der Waals surface area contributed by atoms with Crippen LogP contribution in [0, 0.1) is 0 Å². The van der Waals surface area contributed by atoms with E-state index in [1.807, 2.05) is 11.3 Å². The average Bonchev–Trinajstić information content (AvgIpc) is 3.05. The van der Waals surface area contributed by atoms with Gasteiger partial charge in [-0.15, -0.1) is 11.3 Å². The summed E-state index contributed by atoms with van der Waals surface area (Å²) in [6.45, 7) is 8.15. The average molecular weight is 357 g/mol. The molecule has 0 radical (unpaired) electrons. The van der Waals surface area contributed by atoms with Crippen LogP contribution in [0.1, 0.15) is 50.8 Å². The highest BCUT2D eigenvalue weighted by molar-refractivity contribution is 9.10. The summed E-state index contributed by atoms with van der Waals surface area (Å²) >= 11 is 5.47. The molecule has 1 N–H and O–H groups in total. The van der Waals surface area contributed by atoms with Crippen molar-refractivity contribution < 1.29 is 0 Å². The van der Waals surface area contributed by atoms with E-state index < -0.39 is 0 Å². The first-order valence-corrected chi connectivity index (χ1v) is 9.46. The molecule has 1 aliphatic heterocycles. The molecule has 3 rings (SSSR count). The van der Waals surface area contributed by atoms with Crippen molar-refractivity contribution in [3.05, 3.63) is 20.8 Å². The molecule has 1 aliphatic carbocycles. The van der Waals surface area contributed by atoms with Gasteiger partial charge in [0.05, 0.1) is 0 Å². The summed E-state index contributed by atoms with van der Waals surface area (Å²) in [7, 11) is 0. The van der Waals surface area contributed by atoms with Crippen molar-refractivity contribution >= 4 is 27.3 Å². The molecule has 1 aromatic rings. The lowest BCUT2D eigenvalue weighted by molar-refractivity contribution is 0.00606. The van der Waals surface area contributed by atoms with Gasteiger partial charge in [0.1, 0.15) is 0 Å². The van der Waals surface area contributed by atoms with E-state index in [0.29, 0.717) is 5.54 Å². The Kier molecular flexibility index (Phi) is 4.29. The predicted octanol–water partition coefficient (Wildman–Crippen LogP) is 4.40. The minimum Gasteiger partial charge on any atom is -0.308 e. The van der Waals surface area contributed by atoms with Gasteiger partial charge in [0, 0.05) is 45.4 Å². The topological polar surface area (TPSA) is 15.3 Å². The Bertz CT molecular complexity index is 467. The number of rotatable bonds is 3. The van der Waals surface area contributed by atoms with Crippen LogP contribution in [0.3, 0.4) is 0 Å². The van der Waals surface area contributed by atoms with E-state index in [4.69, 9.17) is 0 Å². The van der Waals surface area contributed by atoms with Crippen LogP contribution < -0.4 is 5.32 Å². The fourth-order valence-corrected chi connectivity index (χ4v) is 5.21. The van der Waals surface area contributed by atoms with E-state index in [1.54, 1.807) is 0 Å². The zero-order chi connectivity index (χ0) is 14.2. The zero-order valence-corrected chi connectivity index (χ0v) is 14.9. The van der Waals surface area contributed by atoms with Crippen LogP contribution in [0.4, 0.5) is 0 Å². The molecule has 1 saturated heterocycles. The molecule has 0 bridgehead atoms. The van der Waals surface area contributed by atoms with E-state index >= 15 is 0 Å². The molecule has 2 nitrogen and oxygen atoms in total. The van der Waals surface area contributed by atoms with E-state index in [-0.39, 0.29) is 5.54 Å². The van der Waals surface area contributed by atoms with E-state index in [2.05, 4.69) is 51.4 Å². The molecule has 1 aromatic heterocycles. The van der Waals surface area contributed by atoms with Gasteiger partial charge in [0.2, 0.25) is 0 Å². The molecule has 2 aliphatic rings. The normalized spacial score (nSPS) is 30.1. The van der Waals surface area contributed by atoms with Gasteiger partial charge in [0.25, 0.3) is 0 Å². The lowest BCUT2D eigenvalue weighted by Gasteiger charge is -2.52. The Morgan fingerprint density at radius 3 is 2.75 bits per heavy atom. The summed E-state index contributed by atoms with van der Waals surface area (Å²) in [6.07, 6.45) is 6.73. The van der Waals surface area contributed by atoms with Crippen molar-refractivity contribution in [3.63, 3.8) is 0 Å². The number of hydrogen-bond donors (Lipinski definition) is 1. The molecule has 4 heteroatoms. The van der Waals surface area contributed by atoms with Gasteiger partial charge in [-0.05, 0) is 48.2 Å². The summed E-state index contributed by atoms with van der Waals surface area (Å²) in [4.78, 5) is 4.28. The van der Waals surface area contributed by atoms with Gasteiger partial charge in [-0.2, -0.15) is 0 Å². The van der Waals surface area contributed by atoms with Crippen LogP contribution in [0.25, 0.3) is 0 Å². The Balaban J connectivity index is 1.81. The molecule has 112 valence electrons. The second-order valence-corrected chi connectivity index (χ2v) is 8.70. The first-order valence-electron chi connectivity index (χ1n) is 7.78. The molecule has 0 aromatic carbocycles. The monoisotopic (exact) mass is 356 g/mol. The maximum atomic E-state index is 3.85. The number of hydrogen-bond acceptors (Lipinski definition) is 3. The molecular formula is C16H25BrN2S. The highest BCUT2D eigenvalue weighted by Crippen LogP contribution is 2.40. The second kappa shape index (κ2) is 5.71. The number of nitrogens with zero attached hydrogens (tertiary/aromatic N) is 1. The van der Waals surface area contributed by atoms with Crippen LogP contribution in [0.15, 0.2) is 15.9 Å². The Labute approximate surface area is 135 Å². The summed E-state index contributed by atoms with van der Waals surface area (Å²) in [6, 6.07) is 2.29. The molecule has 1 saturated carbocycles. The van der Waals surface area contributed by atoms with Crippen LogP contribution in [-0.4, -0.2) is 29.1 Å². The molecule has 20 heavy (non-hydrogen) atoms. The SMILES string of the molecule is CCC1(C)CN(Cc2cc(Br)cs2)C2(CCCC2)CN1. The zero-order valence-electron chi connectivity index (χ0n) is 12.5. The van der Waals surface area contributed by atoms with Gasteiger partial charge in [-0.25, -0.2) is 0 Å². The summed E-state index contributed by atoms with van der Waals surface area (Å²) in [5, 5.41) is 6.06. The van der Waals surface area contributed by atoms with Crippen molar-refractivity contribution in [1.29, 1.82) is 0 Å². The van der Waals surface area contributed by atoms with Gasteiger partial charge < -0.3 is 5.32 Å². The fraction of sp³-hybridized carbons (Fsp3) is 0.750. The highest BCUT2D eigenvalue weighted by atomic mass is 79.9. The summed E-state index contributed by atoms with van der Waals surface area (Å²) in [5.74, 6) is 0. The molecule has 1 spiro atoms. The quantitative estimate of drug-likeness (QED) is 0.863. The van der Waals surface area contributed by atoms with Gasteiger partial charge >= 0.3 is 0 Å². The number of piperazine rings is 1. The third-order valence-electron chi connectivity index (χ3n) is 5.34. The standard InChI is InChI=1S/C16H25BrN2S/c1-3-15(2)12-19(9-14-8-13(17)10-20-14)16(11-18-15)6-4-5-7-16/h8,10,18H,3-7,9,11-12H2,1-2H3. The number of thiophene rings is 1. The van der Waals surface area contributed by atoms with Crippen molar-refractivity contribution in [2.75, 3.05) is 13.1 Å². The van der Waals surface area contributed by atoms with E-state index in [9.17, 15) is 0 Å². The smallest absolute Gasteiger partial charge is 0.0338 e. The minimum absolute atomic E-state index is 0.280. The third kappa shape index (κ3) is 2.85. The highest BCUT2D eigenvalue weighted by Gasteiger charge is 2.46. The lowest BCUT2D eigenvalue weighted by atomic mass is 9.85.